The van der Waals surface area contributed by atoms with Crippen molar-refractivity contribution in [2.75, 3.05) is 0 Å². The van der Waals surface area contributed by atoms with E-state index in [-0.39, 0.29) is 5.56 Å². The maximum atomic E-state index is 12.8. The summed E-state index contributed by atoms with van der Waals surface area (Å²) in [5.41, 5.74) is 3.09. The zero-order valence-corrected chi connectivity index (χ0v) is 13.1. The van der Waals surface area contributed by atoms with Crippen LogP contribution in [0.15, 0.2) is 47.3 Å². The first-order chi connectivity index (χ1) is 10.3. The standard InChI is InChI=1S/C18H21NOS/c20-18-15(13-21)11-12-17(14-7-3-1-4-8-14)19(18)16-9-5-2-6-10-16/h1,3-4,7-8,11-12,16,21H,2,5-6,9-10,13H2. The Bertz CT molecular complexity index is 657. The second-order valence-electron chi connectivity index (χ2n) is 5.73. The summed E-state index contributed by atoms with van der Waals surface area (Å²) in [5.74, 6) is 0.501. The normalized spacial score (nSPS) is 16.0. The Kier molecular flexibility index (Phi) is 4.49. The van der Waals surface area contributed by atoms with Gasteiger partial charge < -0.3 is 4.57 Å². The van der Waals surface area contributed by atoms with E-state index in [2.05, 4.69) is 30.8 Å². The highest BCUT2D eigenvalue weighted by Gasteiger charge is 2.20. The van der Waals surface area contributed by atoms with Gasteiger partial charge in [0.15, 0.2) is 0 Å². The van der Waals surface area contributed by atoms with Crippen LogP contribution < -0.4 is 5.56 Å². The second-order valence-corrected chi connectivity index (χ2v) is 6.05. The molecule has 3 rings (SSSR count). The number of nitrogens with zero attached hydrogens (tertiary/aromatic N) is 1. The number of aromatic nitrogens is 1. The lowest BCUT2D eigenvalue weighted by atomic mass is 9.94. The highest BCUT2D eigenvalue weighted by molar-refractivity contribution is 7.79. The summed E-state index contributed by atoms with van der Waals surface area (Å²) < 4.78 is 2.03. The lowest BCUT2D eigenvalue weighted by molar-refractivity contribution is 0.348. The lowest BCUT2D eigenvalue weighted by Crippen LogP contribution is -2.29. The van der Waals surface area contributed by atoms with E-state index in [4.69, 9.17) is 0 Å². The van der Waals surface area contributed by atoms with E-state index >= 15 is 0 Å². The van der Waals surface area contributed by atoms with Gasteiger partial charge in [0, 0.05) is 17.4 Å². The first-order valence-electron chi connectivity index (χ1n) is 7.72. The topological polar surface area (TPSA) is 22.0 Å². The van der Waals surface area contributed by atoms with Crippen LogP contribution in [0.3, 0.4) is 0 Å². The van der Waals surface area contributed by atoms with Crippen LogP contribution in [-0.4, -0.2) is 4.57 Å². The zero-order chi connectivity index (χ0) is 14.7. The zero-order valence-electron chi connectivity index (χ0n) is 12.2. The van der Waals surface area contributed by atoms with E-state index in [1.54, 1.807) is 0 Å². The Morgan fingerprint density at radius 3 is 2.38 bits per heavy atom. The average Bonchev–Trinajstić information content (AvgIpc) is 2.56. The summed E-state index contributed by atoms with van der Waals surface area (Å²) in [7, 11) is 0. The van der Waals surface area contributed by atoms with Gasteiger partial charge in [0.05, 0.1) is 5.69 Å². The van der Waals surface area contributed by atoms with Gasteiger partial charge in [0.25, 0.3) is 5.56 Å². The smallest absolute Gasteiger partial charge is 0.255 e. The maximum Gasteiger partial charge on any atom is 0.255 e. The molecule has 110 valence electrons. The minimum absolute atomic E-state index is 0.137. The summed E-state index contributed by atoms with van der Waals surface area (Å²) in [6.45, 7) is 0. The van der Waals surface area contributed by atoms with E-state index in [0.29, 0.717) is 11.8 Å². The van der Waals surface area contributed by atoms with Crippen LogP contribution in [0.2, 0.25) is 0 Å². The molecular formula is C18H21NOS. The van der Waals surface area contributed by atoms with E-state index in [9.17, 15) is 4.79 Å². The molecule has 1 aromatic carbocycles. The first kappa shape index (κ1) is 14.5. The average molecular weight is 299 g/mol. The molecule has 0 atom stereocenters. The van der Waals surface area contributed by atoms with Crippen molar-refractivity contribution in [3.63, 3.8) is 0 Å². The number of hydrogen-bond donors (Lipinski definition) is 1. The number of thiol groups is 1. The van der Waals surface area contributed by atoms with Crippen LogP contribution in [0.4, 0.5) is 0 Å². The van der Waals surface area contributed by atoms with E-state index in [0.717, 1.165) is 29.7 Å². The van der Waals surface area contributed by atoms with Crippen LogP contribution in [0, 0.1) is 0 Å². The van der Waals surface area contributed by atoms with Crippen molar-refractivity contribution in [1.29, 1.82) is 0 Å². The van der Waals surface area contributed by atoms with Gasteiger partial charge in [0.1, 0.15) is 0 Å². The van der Waals surface area contributed by atoms with Crippen molar-refractivity contribution in [3.8, 4) is 11.3 Å². The molecule has 2 aromatic rings. The van der Waals surface area contributed by atoms with Crippen molar-refractivity contribution >= 4 is 12.6 Å². The van der Waals surface area contributed by atoms with Crippen molar-refractivity contribution in [3.05, 3.63) is 58.4 Å². The second kappa shape index (κ2) is 6.52. The van der Waals surface area contributed by atoms with Gasteiger partial charge in [-0.05, 0) is 24.5 Å². The molecule has 1 aromatic heterocycles. The van der Waals surface area contributed by atoms with E-state index in [1.807, 2.05) is 28.8 Å². The SMILES string of the molecule is O=c1c(CS)ccc(-c2ccccc2)n1C1CCCCC1. The summed E-state index contributed by atoms with van der Waals surface area (Å²) >= 11 is 4.30. The van der Waals surface area contributed by atoms with Gasteiger partial charge in [-0.3, -0.25) is 4.79 Å². The quantitative estimate of drug-likeness (QED) is 0.831. The fourth-order valence-corrected chi connectivity index (χ4v) is 3.50. The van der Waals surface area contributed by atoms with Crippen molar-refractivity contribution in [2.24, 2.45) is 0 Å². The molecule has 1 aliphatic carbocycles. The Labute approximate surface area is 131 Å². The maximum absolute atomic E-state index is 12.8. The third-order valence-electron chi connectivity index (χ3n) is 4.38. The predicted octanol–water partition coefficient (Wildman–Crippen LogP) is 4.45. The van der Waals surface area contributed by atoms with Gasteiger partial charge in [-0.15, -0.1) is 0 Å². The number of benzene rings is 1. The molecule has 0 radical (unpaired) electrons. The molecule has 0 amide bonds. The summed E-state index contributed by atoms with van der Waals surface area (Å²) in [6.07, 6.45) is 5.94. The largest absolute Gasteiger partial charge is 0.305 e. The van der Waals surface area contributed by atoms with E-state index in [1.165, 1.54) is 19.3 Å². The summed E-state index contributed by atoms with van der Waals surface area (Å²) in [4.78, 5) is 12.8. The number of rotatable bonds is 3. The van der Waals surface area contributed by atoms with Crippen molar-refractivity contribution in [1.82, 2.24) is 4.57 Å². The summed E-state index contributed by atoms with van der Waals surface area (Å²) in [5, 5.41) is 0. The van der Waals surface area contributed by atoms with Crippen LogP contribution in [0.1, 0.15) is 43.7 Å². The van der Waals surface area contributed by atoms with Gasteiger partial charge in [-0.25, -0.2) is 0 Å². The molecule has 0 saturated heterocycles. The Hall–Kier alpha value is -1.48. The van der Waals surface area contributed by atoms with E-state index < -0.39 is 0 Å². The monoisotopic (exact) mass is 299 g/mol. The van der Waals surface area contributed by atoms with Crippen LogP contribution in [0.5, 0.6) is 0 Å². The Balaban J connectivity index is 2.15. The molecule has 1 heterocycles. The molecule has 21 heavy (non-hydrogen) atoms. The highest BCUT2D eigenvalue weighted by atomic mass is 32.1. The molecule has 1 fully saturated rings. The third kappa shape index (κ3) is 2.93. The minimum atomic E-state index is 0.137. The Morgan fingerprint density at radius 1 is 1.00 bits per heavy atom. The van der Waals surface area contributed by atoms with Gasteiger partial charge in [-0.2, -0.15) is 12.6 Å². The predicted molar refractivity (Wildman–Crippen MR) is 91.0 cm³/mol. The van der Waals surface area contributed by atoms with Crippen LogP contribution in [0.25, 0.3) is 11.3 Å². The van der Waals surface area contributed by atoms with Crippen molar-refractivity contribution < 1.29 is 0 Å². The van der Waals surface area contributed by atoms with Crippen LogP contribution in [-0.2, 0) is 5.75 Å². The molecule has 2 nitrogen and oxygen atoms in total. The molecule has 1 saturated carbocycles. The molecule has 0 aliphatic heterocycles. The molecule has 0 unspecified atom stereocenters. The highest BCUT2D eigenvalue weighted by Crippen LogP contribution is 2.31. The van der Waals surface area contributed by atoms with Crippen molar-refractivity contribution in [2.45, 2.75) is 43.9 Å². The van der Waals surface area contributed by atoms with Crippen LogP contribution >= 0.6 is 12.6 Å². The number of hydrogen-bond acceptors (Lipinski definition) is 2. The fraction of sp³-hybridized carbons (Fsp3) is 0.389. The molecule has 0 bridgehead atoms. The fourth-order valence-electron chi connectivity index (χ4n) is 3.26. The molecule has 1 aliphatic rings. The van der Waals surface area contributed by atoms with Gasteiger partial charge in [-0.1, -0.05) is 55.7 Å². The molecule has 0 spiro atoms. The molecule has 3 heteroatoms. The summed E-state index contributed by atoms with van der Waals surface area (Å²) in [6, 6.07) is 14.6. The first-order valence-corrected chi connectivity index (χ1v) is 8.35. The minimum Gasteiger partial charge on any atom is -0.305 e. The molecular weight excluding hydrogens is 278 g/mol. The third-order valence-corrected chi connectivity index (χ3v) is 4.72. The lowest BCUT2D eigenvalue weighted by Gasteiger charge is -2.27. The Morgan fingerprint density at radius 2 is 1.71 bits per heavy atom. The molecule has 0 N–H and O–H groups in total. The number of pyridine rings is 1. The van der Waals surface area contributed by atoms with Gasteiger partial charge in [0.2, 0.25) is 0 Å². The van der Waals surface area contributed by atoms with Gasteiger partial charge >= 0.3 is 0 Å².